The Bertz CT molecular complexity index is 1780. The van der Waals surface area contributed by atoms with Crippen molar-refractivity contribution in [3.63, 3.8) is 0 Å². The van der Waals surface area contributed by atoms with Gasteiger partial charge in [-0.1, -0.05) is 96.4 Å². The molecule has 0 atom stereocenters. The number of imidazole rings is 1. The summed E-state index contributed by atoms with van der Waals surface area (Å²) in [5.74, 6) is 0. The van der Waals surface area contributed by atoms with Gasteiger partial charge in [0, 0.05) is 38.0 Å². The van der Waals surface area contributed by atoms with E-state index in [4.69, 9.17) is 0 Å². The van der Waals surface area contributed by atoms with Gasteiger partial charge in [0.15, 0.2) is 0 Å². The van der Waals surface area contributed by atoms with Gasteiger partial charge in [-0.15, -0.1) is 29.7 Å². The van der Waals surface area contributed by atoms with Crippen LogP contribution in [0.15, 0.2) is 128 Å². The van der Waals surface area contributed by atoms with Gasteiger partial charge in [-0.2, -0.15) is 0 Å². The quantitative estimate of drug-likeness (QED) is 0.140. The summed E-state index contributed by atoms with van der Waals surface area (Å²) in [5.41, 5.74) is 9.40. The predicted octanol–water partition coefficient (Wildman–Crippen LogP) is 8.44. The fraction of sp³-hybridized carbons (Fsp3) is 0. The molecular formula is C33H21IrN2-. The molecular weight excluding hydrogens is 617 g/mol. The van der Waals surface area contributed by atoms with Crippen molar-refractivity contribution in [1.82, 2.24) is 9.38 Å². The summed E-state index contributed by atoms with van der Waals surface area (Å²) >= 11 is 0. The standard InChI is InChI=1S/C33H21N2.Ir/c1-3-10-23(11-4-1)26-16-9-17-27(24-12-5-2-6-13-24)32(26)25-18-19-31-30(22-25)28-14-7-8-15-29(28)33-34-20-21-35(31)33;/h1-14,16-22H;/q-1;. The zero-order valence-electron chi connectivity index (χ0n) is 19.4. The fourth-order valence-electron chi connectivity index (χ4n) is 5.23. The topological polar surface area (TPSA) is 17.3 Å². The van der Waals surface area contributed by atoms with Crippen molar-refractivity contribution in [3.8, 4) is 33.4 Å². The van der Waals surface area contributed by atoms with Crippen LogP contribution < -0.4 is 0 Å². The van der Waals surface area contributed by atoms with Crippen molar-refractivity contribution < 1.29 is 20.1 Å². The third-order valence-electron chi connectivity index (χ3n) is 6.79. The monoisotopic (exact) mass is 638 g/mol. The first-order valence-electron chi connectivity index (χ1n) is 11.8. The summed E-state index contributed by atoms with van der Waals surface area (Å²) < 4.78 is 2.17. The van der Waals surface area contributed by atoms with E-state index in [0.717, 1.165) is 16.6 Å². The van der Waals surface area contributed by atoms with E-state index in [0.29, 0.717) is 0 Å². The Kier molecular flexibility index (Phi) is 5.73. The summed E-state index contributed by atoms with van der Waals surface area (Å²) in [6.45, 7) is 0. The van der Waals surface area contributed by atoms with Crippen molar-refractivity contribution >= 4 is 27.3 Å². The molecule has 7 rings (SSSR count). The number of rotatable bonds is 3. The van der Waals surface area contributed by atoms with Crippen LogP contribution in [0.25, 0.3) is 60.7 Å². The summed E-state index contributed by atoms with van der Waals surface area (Å²) in [7, 11) is 0. The molecule has 36 heavy (non-hydrogen) atoms. The molecule has 0 aliphatic heterocycles. The molecule has 0 aliphatic rings. The Morgan fingerprint density at radius 3 is 2.00 bits per heavy atom. The Hall–Kier alpha value is -4.04. The molecule has 0 saturated carbocycles. The fourth-order valence-corrected chi connectivity index (χ4v) is 5.23. The zero-order chi connectivity index (χ0) is 23.2. The molecule has 3 heteroatoms. The molecule has 0 amide bonds. The average molecular weight is 638 g/mol. The van der Waals surface area contributed by atoms with Gasteiger partial charge in [0.2, 0.25) is 0 Å². The maximum Gasteiger partial charge on any atom is 0.0608 e. The van der Waals surface area contributed by atoms with Crippen LogP contribution in [0.2, 0.25) is 0 Å². The third-order valence-corrected chi connectivity index (χ3v) is 6.79. The van der Waals surface area contributed by atoms with Crippen LogP contribution in [0, 0.1) is 6.07 Å². The maximum absolute atomic E-state index is 4.62. The van der Waals surface area contributed by atoms with Crippen molar-refractivity contribution in [2.24, 2.45) is 0 Å². The van der Waals surface area contributed by atoms with Crippen LogP contribution in [-0.2, 0) is 20.1 Å². The van der Waals surface area contributed by atoms with E-state index in [2.05, 4.69) is 125 Å². The first-order valence-corrected chi connectivity index (χ1v) is 11.8. The zero-order valence-corrected chi connectivity index (χ0v) is 21.7. The van der Waals surface area contributed by atoms with Crippen molar-refractivity contribution in [2.75, 3.05) is 0 Å². The number of nitrogens with zero attached hydrogens (tertiary/aromatic N) is 2. The molecule has 0 aliphatic carbocycles. The van der Waals surface area contributed by atoms with Gasteiger partial charge in [0.05, 0.1) is 5.65 Å². The molecule has 0 spiro atoms. The summed E-state index contributed by atoms with van der Waals surface area (Å²) in [6, 6.07) is 44.3. The third kappa shape index (κ3) is 3.56. The molecule has 0 N–H and O–H groups in total. The van der Waals surface area contributed by atoms with E-state index in [1.165, 1.54) is 44.2 Å². The second kappa shape index (κ2) is 9.20. The summed E-state index contributed by atoms with van der Waals surface area (Å²) in [5, 5.41) is 3.41. The second-order valence-corrected chi connectivity index (χ2v) is 8.77. The minimum absolute atomic E-state index is 0. The molecule has 173 valence electrons. The van der Waals surface area contributed by atoms with Crippen LogP contribution in [0.3, 0.4) is 0 Å². The molecule has 2 aromatic heterocycles. The molecule has 0 fully saturated rings. The molecule has 2 nitrogen and oxygen atoms in total. The molecule has 0 bridgehead atoms. The van der Waals surface area contributed by atoms with Crippen molar-refractivity contribution in [2.45, 2.75) is 0 Å². The first kappa shape index (κ1) is 22.4. The maximum atomic E-state index is 4.62. The predicted molar refractivity (Wildman–Crippen MR) is 145 cm³/mol. The van der Waals surface area contributed by atoms with E-state index >= 15 is 0 Å². The van der Waals surface area contributed by atoms with E-state index in [1.807, 2.05) is 18.5 Å². The van der Waals surface area contributed by atoms with Crippen LogP contribution >= 0.6 is 0 Å². The Labute approximate surface area is 223 Å². The van der Waals surface area contributed by atoms with Gasteiger partial charge in [-0.25, -0.2) is 0 Å². The minimum atomic E-state index is 0. The Morgan fingerprint density at radius 2 is 1.31 bits per heavy atom. The number of hydrogen-bond acceptors (Lipinski definition) is 1. The Balaban J connectivity index is 0.00000240. The molecule has 1 radical (unpaired) electrons. The van der Waals surface area contributed by atoms with Crippen LogP contribution in [-0.4, -0.2) is 9.38 Å². The number of fused-ring (bicyclic) bond motifs is 6. The molecule has 7 aromatic rings. The van der Waals surface area contributed by atoms with E-state index in [1.54, 1.807) is 0 Å². The van der Waals surface area contributed by atoms with Crippen molar-refractivity contribution in [3.05, 3.63) is 134 Å². The van der Waals surface area contributed by atoms with Crippen LogP contribution in [0.4, 0.5) is 0 Å². The molecule has 0 saturated heterocycles. The van der Waals surface area contributed by atoms with Gasteiger partial charge in [0.1, 0.15) is 0 Å². The average Bonchev–Trinajstić information content (AvgIpc) is 3.44. The van der Waals surface area contributed by atoms with Gasteiger partial charge >= 0.3 is 0 Å². The van der Waals surface area contributed by atoms with Crippen molar-refractivity contribution in [1.29, 1.82) is 0 Å². The second-order valence-electron chi connectivity index (χ2n) is 8.77. The van der Waals surface area contributed by atoms with E-state index in [9.17, 15) is 0 Å². The largest absolute Gasteiger partial charge is 0.340 e. The molecule has 0 unspecified atom stereocenters. The number of pyridine rings is 1. The van der Waals surface area contributed by atoms with Gasteiger partial charge < -0.3 is 4.40 Å². The number of aromatic nitrogens is 2. The Morgan fingerprint density at radius 1 is 0.611 bits per heavy atom. The van der Waals surface area contributed by atoms with Crippen LogP contribution in [0.1, 0.15) is 0 Å². The minimum Gasteiger partial charge on any atom is -0.340 e. The molecule has 5 aromatic carbocycles. The van der Waals surface area contributed by atoms with E-state index < -0.39 is 0 Å². The van der Waals surface area contributed by atoms with Gasteiger partial charge in [0.25, 0.3) is 0 Å². The smallest absolute Gasteiger partial charge is 0.0608 e. The first-order chi connectivity index (χ1) is 17.4. The van der Waals surface area contributed by atoms with Crippen LogP contribution in [0.5, 0.6) is 0 Å². The summed E-state index contributed by atoms with van der Waals surface area (Å²) in [6.07, 6.45) is 3.89. The summed E-state index contributed by atoms with van der Waals surface area (Å²) in [4.78, 5) is 4.62. The van der Waals surface area contributed by atoms with E-state index in [-0.39, 0.29) is 20.1 Å². The number of hydrogen-bond donors (Lipinski definition) is 0. The number of benzene rings is 5. The normalized spacial score (nSPS) is 11.1. The molecule has 2 heterocycles. The van der Waals surface area contributed by atoms with Gasteiger partial charge in [-0.05, 0) is 44.8 Å². The van der Waals surface area contributed by atoms with Gasteiger partial charge in [-0.3, -0.25) is 4.98 Å². The SMILES string of the molecule is [Ir].[c-]1cccc2c1c1nccn1c1ccc(-c3c(-c4ccccc4)cccc3-c3ccccc3)cc21.